The zero-order valence-corrected chi connectivity index (χ0v) is 20.2. The van der Waals surface area contributed by atoms with Crippen LogP contribution in [0.2, 0.25) is 0 Å². The monoisotopic (exact) mass is 467 g/mol. The lowest BCUT2D eigenvalue weighted by Crippen LogP contribution is -2.44. The van der Waals surface area contributed by atoms with E-state index in [9.17, 15) is 4.79 Å². The molecule has 1 fully saturated rings. The average Bonchev–Trinajstić information content (AvgIpc) is 3.29. The van der Waals surface area contributed by atoms with Gasteiger partial charge in [0.05, 0.1) is 5.69 Å². The second-order valence-electron chi connectivity index (χ2n) is 8.90. The second-order valence-corrected chi connectivity index (χ2v) is 9.78. The molecule has 1 saturated heterocycles. The van der Waals surface area contributed by atoms with Gasteiger partial charge in [0.2, 0.25) is 5.88 Å². The molecular weight excluding hydrogens is 438 g/mol. The summed E-state index contributed by atoms with van der Waals surface area (Å²) in [6.45, 7) is 6.81. The fourth-order valence-electron chi connectivity index (χ4n) is 3.57. The smallest absolute Gasteiger partial charge is 0.410 e. The third kappa shape index (κ3) is 6.04. The Morgan fingerprint density at radius 1 is 1.12 bits per heavy atom. The third-order valence-corrected chi connectivity index (χ3v) is 5.95. The Bertz CT molecular complexity index is 1100. The molecule has 0 saturated carbocycles. The first-order valence-electron chi connectivity index (χ1n) is 11.0. The molecule has 3 aromatic rings. The second kappa shape index (κ2) is 9.82. The normalized spacial score (nSPS) is 14.8. The van der Waals surface area contributed by atoms with E-state index in [0.717, 1.165) is 24.1 Å². The Kier molecular flexibility index (Phi) is 6.88. The zero-order valence-electron chi connectivity index (χ0n) is 19.4. The third-order valence-electron chi connectivity index (χ3n) is 5.22. The molecular formula is C24H29N5O3S. The molecule has 1 aliphatic heterocycles. The number of amides is 1. The van der Waals surface area contributed by atoms with Crippen LogP contribution in [0, 0.1) is 0 Å². The van der Waals surface area contributed by atoms with E-state index in [1.54, 1.807) is 23.0 Å². The van der Waals surface area contributed by atoms with Crippen LogP contribution >= 0.6 is 11.8 Å². The van der Waals surface area contributed by atoms with Gasteiger partial charge in [0.25, 0.3) is 0 Å². The van der Waals surface area contributed by atoms with Gasteiger partial charge in [-0.1, -0.05) is 12.1 Å². The molecule has 1 aromatic carbocycles. The number of hydrogen-bond acceptors (Lipinski definition) is 7. The maximum Gasteiger partial charge on any atom is 0.410 e. The van der Waals surface area contributed by atoms with Crippen molar-refractivity contribution in [3.63, 3.8) is 0 Å². The van der Waals surface area contributed by atoms with Crippen molar-refractivity contribution in [2.24, 2.45) is 0 Å². The van der Waals surface area contributed by atoms with Gasteiger partial charge in [0.1, 0.15) is 30.2 Å². The van der Waals surface area contributed by atoms with Crippen molar-refractivity contribution in [1.82, 2.24) is 24.4 Å². The summed E-state index contributed by atoms with van der Waals surface area (Å²) < 4.78 is 13.4. The van der Waals surface area contributed by atoms with Crippen LogP contribution in [0.15, 0.2) is 54.1 Å². The van der Waals surface area contributed by atoms with Gasteiger partial charge in [-0.2, -0.15) is 0 Å². The Morgan fingerprint density at radius 2 is 1.91 bits per heavy atom. The van der Waals surface area contributed by atoms with E-state index in [2.05, 4.69) is 33.3 Å². The number of ether oxygens (including phenoxy) is 2. The summed E-state index contributed by atoms with van der Waals surface area (Å²) in [4.78, 5) is 28.4. The van der Waals surface area contributed by atoms with Crippen LogP contribution in [0.4, 0.5) is 4.79 Å². The van der Waals surface area contributed by atoms with Crippen LogP contribution in [-0.2, 0) is 4.74 Å². The largest absolute Gasteiger partial charge is 0.474 e. The van der Waals surface area contributed by atoms with E-state index < -0.39 is 5.60 Å². The zero-order chi connectivity index (χ0) is 23.4. The average molecular weight is 468 g/mol. The standard InChI is InChI=1S/C24H29N5O3S/c1-24(2,3)32-23(30)28-10-8-18(9-11-28)31-22-13-21(25-15-26-22)29-14-20(27-16-29)17-6-5-7-19(12-17)33-4/h5-7,12-16,18H,8-11H2,1-4H3. The molecule has 9 heteroatoms. The minimum absolute atomic E-state index is 0.0148. The number of rotatable bonds is 5. The minimum atomic E-state index is -0.493. The summed E-state index contributed by atoms with van der Waals surface area (Å²) in [5, 5.41) is 0. The summed E-state index contributed by atoms with van der Waals surface area (Å²) in [6, 6.07) is 10.1. The van der Waals surface area contributed by atoms with Crippen LogP contribution < -0.4 is 4.74 Å². The van der Waals surface area contributed by atoms with Crippen LogP contribution in [-0.4, -0.2) is 61.6 Å². The Labute approximate surface area is 198 Å². The topological polar surface area (TPSA) is 82.4 Å². The van der Waals surface area contributed by atoms with Gasteiger partial charge in [0.15, 0.2) is 0 Å². The predicted octanol–water partition coefficient (Wildman–Crippen LogP) is 4.83. The number of benzene rings is 1. The number of nitrogens with zero attached hydrogens (tertiary/aromatic N) is 5. The molecule has 0 bridgehead atoms. The lowest BCUT2D eigenvalue weighted by Gasteiger charge is -2.33. The van der Waals surface area contributed by atoms with Gasteiger partial charge in [-0.25, -0.2) is 19.7 Å². The van der Waals surface area contributed by atoms with Gasteiger partial charge in [-0.3, -0.25) is 4.57 Å². The minimum Gasteiger partial charge on any atom is -0.474 e. The Hall–Kier alpha value is -3.07. The molecule has 1 aliphatic rings. The SMILES string of the molecule is CSc1cccc(-c2cn(-c3cc(OC4CCN(C(=O)OC(C)(C)C)CC4)ncn3)cn2)c1. The number of carbonyl (C=O) groups excluding carboxylic acids is 1. The maximum atomic E-state index is 12.3. The van der Waals surface area contributed by atoms with Crippen molar-refractivity contribution in [2.75, 3.05) is 19.3 Å². The molecule has 1 amide bonds. The van der Waals surface area contributed by atoms with E-state index >= 15 is 0 Å². The van der Waals surface area contributed by atoms with E-state index in [4.69, 9.17) is 9.47 Å². The quantitative estimate of drug-likeness (QED) is 0.497. The maximum absolute atomic E-state index is 12.3. The molecule has 0 atom stereocenters. The molecule has 0 radical (unpaired) electrons. The number of hydrogen-bond donors (Lipinski definition) is 0. The highest BCUT2D eigenvalue weighted by Crippen LogP contribution is 2.25. The Balaban J connectivity index is 1.38. The fraction of sp³-hybridized carbons (Fsp3) is 0.417. The highest BCUT2D eigenvalue weighted by atomic mass is 32.2. The highest BCUT2D eigenvalue weighted by Gasteiger charge is 2.27. The number of carbonyl (C=O) groups is 1. The Morgan fingerprint density at radius 3 is 2.64 bits per heavy atom. The van der Waals surface area contributed by atoms with E-state index in [-0.39, 0.29) is 12.2 Å². The molecule has 8 nitrogen and oxygen atoms in total. The van der Waals surface area contributed by atoms with Crippen LogP contribution in [0.25, 0.3) is 17.1 Å². The van der Waals surface area contributed by atoms with Crippen molar-refractivity contribution in [2.45, 2.75) is 50.2 Å². The van der Waals surface area contributed by atoms with Gasteiger partial charge < -0.3 is 14.4 Å². The first kappa shape index (κ1) is 23.1. The van der Waals surface area contributed by atoms with E-state index in [1.807, 2.05) is 49.7 Å². The molecule has 0 aliphatic carbocycles. The van der Waals surface area contributed by atoms with E-state index in [1.165, 1.54) is 11.2 Å². The van der Waals surface area contributed by atoms with Crippen molar-refractivity contribution in [3.05, 3.63) is 49.2 Å². The van der Waals surface area contributed by atoms with Gasteiger partial charge >= 0.3 is 6.09 Å². The molecule has 4 rings (SSSR count). The molecule has 0 N–H and O–H groups in total. The van der Waals surface area contributed by atoms with Crippen LogP contribution in [0.3, 0.4) is 0 Å². The van der Waals surface area contributed by atoms with Crippen molar-refractivity contribution < 1.29 is 14.3 Å². The van der Waals surface area contributed by atoms with Crippen molar-refractivity contribution in [1.29, 1.82) is 0 Å². The van der Waals surface area contributed by atoms with Crippen molar-refractivity contribution >= 4 is 17.9 Å². The first-order chi connectivity index (χ1) is 15.8. The van der Waals surface area contributed by atoms with Crippen LogP contribution in [0.1, 0.15) is 33.6 Å². The summed E-state index contributed by atoms with van der Waals surface area (Å²) in [6.07, 6.45) is 8.40. The van der Waals surface area contributed by atoms with Crippen molar-refractivity contribution in [3.8, 4) is 23.0 Å². The number of imidazole rings is 1. The van der Waals surface area contributed by atoms with Gasteiger partial charge in [-0.15, -0.1) is 11.8 Å². The summed E-state index contributed by atoms with van der Waals surface area (Å²) in [5.74, 6) is 1.20. The number of likely N-dealkylation sites (tertiary alicyclic amines) is 1. The summed E-state index contributed by atoms with van der Waals surface area (Å²) >= 11 is 1.70. The predicted molar refractivity (Wildman–Crippen MR) is 128 cm³/mol. The molecule has 0 spiro atoms. The summed E-state index contributed by atoms with van der Waals surface area (Å²) in [7, 11) is 0. The molecule has 0 unspecified atom stereocenters. The van der Waals surface area contributed by atoms with Gasteiger partial charge in [-0.05, 0) is 39.2 Å². The first-order valence-corrected chi connectivity index (χ1v) is 12.2. The number of thioether (sulfide) groups is 1. The fourth-order valence-corrected chi connectivity index (χ4v) is 4.03. The molecule has 33 heavy (non-hydrogen) atoms. The van der Waals surface area contributed by atoms with E-state index in [0.29, 0.717) is 24.8 Å². The molecule has 3 heterocycles. The lowest BCUT2D eigenvalue weighted by molar-refractivity contribution is 0.0123. The number of aromatic nitrogens is 4. The summed E-state index contributed by atoms with van der Waals surface area (Å²) in [5.41, 5.74) is 1.44. The molecule has 2 aromatic heterocycles. The number of piperidine rings is 1. The van der Waals surface area contributed by atoms with Gasteiger partial charge in [0, 0.05) is 48.7 Å². The molecule has 174 valence electrons. The lowest BCUT2D eigenvalue weighted by atomic mass is 10.1. The van der Waals surface area contributed by atoms with Crippen LogP contribution in [0.5, 0.6) is 5.88 Å². The highest BCUT2D eigenvalue weighted by molar-refractivity contribution is 7.98.